The summed E-state index contributed by atoms with van der Waals surface area (Å²) in [6.07, 6.45) is -7.18. The van der Waals surface area contributed by atoms with E-state index in [-0.39, 0.29) is 11.5 Å². The summed E-state index contributed by atoms with van der Waals surface area (Å²) >= 11 is 0. The smallest absolute Gasteiger partial charge is 0.262 e. The largest absolute Gasteiger partial charge is 0.483 e. The number of carbonyl (C=O) groups is 2. The number of amides is 2. The number of nitrogens with two attached hydrogens (primary N) is 4. The molecule has 0 aromatic heterocycles. The lowest BCUT2D eigenvalue weighted by molar-refractivity contribution is -0.147. The van der Waals surface area contributed by atoms with Gasteiger partial charge in [-0.25, -0.2) is 0 Å². The number of hydrogen-bond donors (Lipinski definition) is 6. The van der Waals surface area contributed by atoms with Crippen LogP contribution in [-0.4, -0.2) is 46.4 Å². The average molecular weight is 390 g/mol. The highest BCUT2D eigenvalue weighted by Gasteiger charge is 2.41. The Labute approximate surface area is 160 Å². The first-order chi connectivity index (χ1) is 13.2. The van der Waals surface area contributed by atoms with Crippen LogP contribution in [-0.2, 0) is 9.59 Å². The third kappa shape index (κ3) is 5.25. The molecule has 2 aromatic carbocycles. The number of aliphatic hydroxyl groups is 2. The zero-order valence-corrected chi connectivity index (χ0v) is 14.8. The van der Waals surface area contributed by atoms with Crippen molar-refractivity contribution in [1.82, 2.24) is 0 Å². The molecule has 0 aliphatic rings. The molecule has 0 saturated heterocycles. The molecule has 2 amide bonds. The molecule has 10 N–H and O–H groups in total. The van der Waals surface area contributed by atoms with Crippen molar-refractivity contribution in [2.24, 2.45) is 11.5 Å². The van der Waals surface area contributed by atoms with E-state index in [2.05, 4.69) is 0 Å². The van der Waals surface area contributed by atoms with Gasteiger partial charge in [0.15, 0.2) is 12.2 Å². The van der Waals surface area contributed by atoms with Gasteiger partial charge in [-0.15, -0.1) is 0 Å². The van der Waals surface area contributed by atoms with Crippen molar-refractivity contribution in [1.29, 1.82) is 0 Å². The lowest BCUT2D eigenvalue weighted by Crippen LogP contribution is -2.57. The average Bonchev–Trinajstić information content (AvgIpc) is 2.63. The Kier molecular flexibility index (Phi) is 6.64. The molecule has 10 heteroatoms. The van der Waals surface area contributed by atoms with Gasteiger partial charge < -0.3 is 42.6 Å². The van der Waals surface area contributed by atoms with E-state index in [1.807, 2.05) is 0 Å². The second kappa shape index (κ2) is 8.93. The van der Waals surface area contributed by atoms with E-state index >= 15 is 0 Å². The van der Waals surface area contributed by atoms with Gasteiger partial charge in [0.1, 0.15) is 17.6 Å². The lowest BCUT2D eigenvalue weighted by Gasteiger charge is -2.31. The number of aliphatic hydroxyl groups excluding tert-OH is 2. The number of rotatable bonds is 9. The van der Waals surface area contributed by atoms with Gasteiger partial charge in [0, 0.05) is 23.5 Å². The minimum atomic E-state index is -2.04. The monoisotopic (exact) mass is 390 g/mol. The Balaban J connectivity index is 2.39. The van der Waals surface area contributed by atoms with Gasteiger partial charge in [-0.3, -0.25) is 9.59 Å². The van der Waals surface area contributed by atoms with Crippen LogP contribution in [0.25, 0.3) is 0 Å². The van der Waals surface area contributed by atoms with E-state index in [4.69, 9.17) is 32.4 Å². The molecule has 0 aliphatic heterocycles. The first-order valence-corrected chi connectivity index (χ1v) is 8.18. The van der Waals surface area contributed by atoms with E-state index in [0.717, 1.165) is 0 Å². The Morgan fingerprint density at radius 3 is 1.75 bits per heavy atom. The van der Waals surface area contributed by atoms with Crippen LogP contribution in [0.3, 0.4) is 0 Å². The van der Waals surface area contributed by atoms with Crippen molar-refractivity contribution < 1.29 is 29.3 Å². The van der Waals surface area contributed by atoms with Crippen LogP contribution in [0, 0.1) is 0 Å². The van der Waals surface area contributed by atoms with E-state index < -0.39 is 36.2 Å². The summed E-state index contributed by atoms with van der Waals surface area (Å²) in [7, 11) is 0. The van der Waals surface area contributed by atoms with Crippen molar-refractivity contribution in [2.45, 2.75) is 24.4 Å². The van der Waals surface area contributed by atoms with Gasteiger partial charge in [0.25, 0.3) is 5.91 Å². The van der Waals surface area contributed by atoms with Crippen LogP contribution in [0.1, 0.15) is 0 Å². The Bertz CT molecular complexity index is 846. The summed E-state index contributed by atoms with van der Waals surface area (Å²) in [5.74, 6) is -1.94. The minimum Gasteiger partial charge on any atom is -0.483 e. The molecule has 10 nitrogen and oxygen atoms in total. The predicted molar refractivity (Wildman–Crippen MR) is 101 cm³/mol. The van der Waals surface area contributed by atoms with Gasteiger partial charge in [0.05, 0.1) is 0 Å². The van der Waals surface area contributed by atoms with Crippen molar-refractivity contribution in [3.63, 3.8) is 0 Å². The van der Waals surface area contributed by atoms with Crippen molar-refractivity contribution in [3.8, 4) is 11.5 Å². The maximum absolute atomic E-state index is 12.0. The van der Waals surface area contributed by atoms with Crippen molar-refractivity contribution >= 4 is 23.2 Å². The zero-order valence-electron chi connectivity index (χ0n) is 14.8. The minimum absolute atomic E-state index is 0.142. The Morgan fingerprint density at radius 1 is 0.821 bits per heavy atom. The number of nitrogen functional groups attached to an aromatic ring is 2. The van der Waals surface area contributed by atoms with Crippen LogP contribution in [0.5, 0.6) is 11.5 Å². The van der Waals surface area contributed by atoms with Crippen molar-refractivity contribution in [3.05, 3.63) is 48.5 Å². The Morgan fingerprint density at radius 2 is 1.32 bits per heavy atom. The fraction of sp³-hybridized carbons (Fsp3) is 0.222. The third-order valence-electron chi connectivity index (χ3n) is 3.78. The van der Waals surface area contributed by atoms with E-state index in [1.165, 1.54) is 24.3 Å². The molecule has 4 atom stereocenters. The molecule has 0 radical (unpaired) electrons. The third-order valence-corrected chi connectivity index (χ3v) is 3.78. The summed E-state index contributed by atoms with van der Waals surface area (Å²) in [5.41, 5.74) is 22.5. The summed E-state index contributed by atoms with van der Waals surface area (Å²) in [5, 5.41) is 20.3. The first kappa shape index (κ1) is 20.8. The molecule has 2 aromatic rings. The second-order valence-electron chi connectivity index (χ2n) is 6.01. The summed E-state index contributed by atoms with van der Waals surface area (Å²) in [6.45, 7) is 0. The number of primary amides is 2. The number of hydrogen-bond acceptors (Lipinski definition) is 8. The molecule has 2 rings (SSSR count). The molecule has 0 heterocycles. The maximum Gasteiger partial charge on any atom is 0.262 e. The molecule has 150 valence electrons. The predicted octanol–water partition coefficient (Wildman–Crippen LogP) is -1.26. The molecule has 0 spiro atoms. The Hall–Kier alpha value is -3.50. The van der Waals surface area contributed by atoms with Crippen molar-refractivity contribution in [2.75, 3.05) is 11.5 Å². The summed E-state index contributed by atoms with van der Waals surface area (Å²) < 4.78 is 11.1. The molecular weight excluding hydrogens is 368 g/mol. The van der Waals surface area contributed by atoms with Gasteiger partial charge in [-0.1, -0.05) is 12.1 Å². The quantitative estimate of drug-likeness (QED) is 0.285. The van der Waals surface area contributed by atoms with Gasteiger partial charge in [-0.2, -0.15) is 0 Å². The molecule has 0 aliphatic carbocycles. The lowest BCUT2D eigenvalue weighted by atomic mass is 10.0. The van der Waals surface area contributed by atoms with Crippen LogP contribution in [0.2, 0.25) is 0 Å². The standard InChI is InChI=1S/C18H22N4O6/c19-9-3-1-5-11(7-9)27-15(13(23)14(24)17(21)25)16(18(22)26)28-12-6-2-4-10(20)8-12/h1-8,13-16,23-24H,19-20H2,(H2,21,25)(H2,22,26)/t13-,14-,15-,16+/m0/s1. The van der Waals surface area contributed by atoms with Crippen LogP contribution >= 0.6 is 0 Å². The molecule has 0 unspecified atom stereocenters. The molecule has 0 bridgehead atoms. The SMILES string of the molecule is NC(=O)[C@@H](O)[C@H](O)[C@H](Oc1cccc(N)c1)[C@@H](Oc1cccc(N)c1)C(N)=O. The highest BCUT2D eigenvalue weighted by molar-refractivity contribution is 5.82. The fourth-order valence-electron chi connectivity index (χ4n) is 2.43. The zero-order chi connectivity index (χ0) is 20.8. The molecular formula is C18H22N4O6. The highest BCUT2D eigenvalue weighted by atomic mass is 16.6. The summed E-state index contributed by atoms with van der Waals surface area (Å²) in [4.78, 5) is 23.3. The van der Waals surface area contributed by atoms with Gasteiger partial charge >= 0.3 is 0 Å². The first-order valence-electron chi connectivity index (χ1n) is 8.18. The number of benzene rings is 2. The normalized spacial score (nSPS) is 15.1. The number of anilines is 2. The highest BCUT2D eigenvalue weighted by Crippen LogP contribution is 2.23. The number of carbonyl (C=O) groups excluding carboxylic acids is 2. The fourth-order valence-corrected chi connectivity index (χ4v) is 2.43. The van der Waals surface area contributed by atoms with Gasteiger partial charge in [-0.05, 0) is 24.3 Å². The maximum atomic E-state index is 12.0. The second-order valence-corrected chi connectivity index (χ2v) is 6.01. The molecule has 28 heavy (non-hydrogen) atoms. The van der Waals surface area contributed by atoms with E-state index in [9.17, 15) is 19.8 Å². The van der Waals surface area contributed by atoms with Crippen LogP contribution in [0.15, 0.2) is 48.5 Å². The summed E-state index contributed by atoms with van der Waals surface area (Å²) in [6, 6.07) is 12.1. The molecule has 0 fully saturated rings. The van der Waals surface area contributed by atoms with E-state index in [0.29, 0.717) is 11.4 Å². The topological polar surface area (TPSA) is 197 Å². The van der Waals surface area contributed by atoms with E-state index in [1.54, 1.807) is 24.3 Å². The van der Waals surface area contributed by atoms with Gasteiger partial charge in [0.2, 0.25) is 12.0 Å². The van der Waals surface area contributed by atoms with Crippen LogP contribution in [0.4, 0.5) is 11.4 Å². The van der Waals surface area contributed by atoms with Crippen LogP contribution < -0.4 is 32.4 Å². The molecule has 0 saturated carbocycles. The number of ether oxygens (including phenoxy) is 2.